The Labute approximate surface area is 231 Å². The number of carbonyl (C=O) groups excluding carboxylic acids is 2. The molecule has 0 spiro atoms. The van der Waals surface area contributed by atoms with Gasteiger partial charge in [0.15, 0.2) is 11.5 Å². The van der Waals surface area contributed by atoms with Crippen LogP contribution in [-0.2, 0) is 9.59 Å². The first-order valence-electron chi connectivity index (χ1n) is 13.1. The molecule has 5 rings (SSSR count). The van der Waals surface area contributed by atoms with Crippen molar-refractivity contribution in [2.24, 2.45) is 5.92 Å². The van der Waals surface area contributed by atoms with E-state index in [1.165, 1.54) is 23.7 Å². The molecule has 4 aromatic rings. The van der Waals surface area contributed by atoms with Gasteiger partial charge in [0.25, 0.3) is 0 Å². The largest absolute Gasteiger partial charge is 0.493 e. The Morgan fingerprint density at radius 3 is 2.17 bits per heavy atom. The third-order valence-corrected chi connectivity index (χ3v) is 6.98. The summed E-state index contributed by atoms with van der Waals surface area (Å²) in [6, 6.07) is 18.4. The molecule has 1 aliphatic rings. The molecule has 206 valence electrons. The zero-order chi connectivity index (χ0) is 28.2. The van der Waals surface area contributed by atoms with Gasteiger partial charge in [-0.25, -0.2) is 4.39 Å². The van der Waals surface area contributed by atoms with Crippen LogP contribution in [0.4, 0.5) is 10.1 Å². The molecule has 0 unspecified atom stereocenters. The fraction of sp³-hybridized carbons (Fsp3) is 0.258. The van der Waals surface area contributed by atoms with Crippen molar-refractivity contribution in [3.05, 3.63) is 72.5 Å². The number of hydrogen-bond donors (Lipinski definition) is 1. The molecule has 0 radical (unpaired) electrons. The number of amides is 1. The van der Waals surface area contributed by atoms with E-state index in [-0.39, 0.29) is 17.7 Å². The number of methoxy groups -OCH3 is 2. The average molecular weight is 544 g/mol. The highest BCUT2D eigenvalue weighted by atomic mass is 19.1. The van der Waals surface area contributed by atoms with Crippen molar-refractivity contribution in [1.82, 2.24) is 9.78 Å². The van der Waals surface area contributed by atoms with Crippen LogP contribution in [0.5, 0.6) is 17.4 Å². The zero-order valence-corrected chi connectivity index (χ0v) is 22.6. The number of ether oxygens (including phenoxy) is 3. The third-order valence-electron chi connectivity index (χ3n) is 6.98. The number of nitrogens with zero attached hydrogens (tertiary/aromatic N) is 2. The fourth-order valence-corrected chi connectivity index (χ4v) is 4.99. The molecule has 0 atom stereocenters. The number of halogens is 1. The molecular weight excluding hydrogens is 513 g/mol. The molecule has 1 amide bonds. The van der Waals surface area contributed by atoms with E-state index in [1.54, 1.807) is 38.5 Å². The topological polar surface area (TPSA) is 91.7 Å². The Kier molecular flexibility index (Phi) is 7.82. The monoisotopic (exact) mass is 543 g/mol. The van der Waals surface area contributed by atoms with Crippen molar-refractivity contribution in [3.8, 4) is 45.5 Å². The summed E-state index contributed by atoms with van der Waals surface area (Å²) in [6.45, 7) is 1.31. The van der Waals surface area contributed by atoms with Gasteiger partial charge in [-0.2, -0.15) is 9.78 Å². The van der Waals surface area contributed by atoms with E-state index >= 15 is 0 Å². The molecule has 1 saturated carbocycles. The second kappa shape index (κ2) is 11.6. The lowest BCUT2D eigenvalue weighted by molar-refractivity contribution is -0.132. The molecule has 8 nitrogen and oxygen atoms in total. The number of nitrogens with one attached hydrogen (secondary N) is 1. The first-order valence-corrected chi connectivity index (χ1v) is 13.1. The molecule has 0 saturated heterocycles. The third kappa shape index (κ3) is 5.54. The van der Waals surface area contributed by atoms with Gasteiger partial charge in [0.05, 0.1) is 25.5 Å². The number of carbonyl (C=O) groups is 2. The normalized spacial score (nSPS) is 13.2. The summed E-state index contributed by atoms with van der Waals surface area (Å²) in [5, 5.41) is 7.82. The van der Waals surface area contributed by atoms with Crippen LogP contribution in [0.1, 0.15) is 32.6 Å². The summed E-state index contributed by atoms with van der Waals surface area (Å²) >= 11 is 0. The molecule has 1 aromatic heterocycles. The second-order valence-electron chi connectivity index (χ2n) is 9.63. The van der Waals surface area contributed by atoms with Crippen molar-refractivity contribution in [2.75, 3.05) is 19.5 Å². The van der Waals surface area contributed by atoms with Crippen LogP contribution in [0.15, 0.2) is 66.7 Å². The maximum Gasteiger partial charge on any atom is 0.309 e. The van der Waals surface area contributed by atoms with Gasteiger partial charge < -0.3 is 19.5 Å². The molecule has 0 aliphatic heterocycles. The summed E-state index contributed by atoms with van der Waals surface area (Å²) < 4.78 is 31.8. The highest BCUT2D eigenvalue weighted by Crippen LogP contribution is 2.43. The van der Waals surface area contributed by atoms with Crippen molar-refractivity contribution in [2.45, 2.75) is 32.6 Å². The van der Waals surface area contributed by atoms with Crippen LogP contribution in [0.2, 0.25) is 0 Å². The van der Waals surface area contributed by atoms with Crippen molar-refractivity contribution >= 4 is 17.6 Å². The van der Waals surface area contributed by atoms with Crippen LogP contribution in [0.3, 0.4) is 0 Å². The summed E-state index contributed by atoms with van der Waals surface area (Å²) in [5.74, 6) is 0.354. The quantitative estimate of drug-likeness (QED) is 0.258. The van der Waals surface area contributed by atoms with Gasteiger partial charge in [-0.15, -0.1) is 0 Å². The highest BCUT2D eigenvalue weighted by Gasteiger charge is 2.26. The van der Waals surface area contributed by atoms with E-state index in [2.05, 4.69) is 5.32 Å². The van der Waals surface area contributed by atoms with Gasteiger partial charge in [-0.1, -0.05) is 25.0 Å². The number of aromatic nitrogens is 2. The van der Waals surface area contributed by atoms with Crippen LogP contribution in [0.25, 0.3) is 28.1 Å². The van der Waals surface area contributed by atoms with E-state index in [0.717, 1.165) is 25.7 Å². The van der Waals surface area contributed by atoms with Gasteiger partial charge in [0.1, 0.15) is 11.5 Å². The van der Waals surface area contributed by atoms with Gasteiger partial charge in [0.2, 0.25) is 11.8 Å². The Balaban J connectivity index is 1.64. The van der Waals surface area contributed by atoms with Crippen molar-refractivity contribution in [1.29, 1.82) is 0 Å². The van der Waals surface area contributed by atoms with E-state index < -0.39 is 11.8 Å². The maximum absolute atomic E-state index is 13.7. The second-order valence-corrected chi connectivity index (χ2v) is 9.63. The van der Waals surface area contributed by atoms with E-state index in [4.69, 9.17) is 19.3 Å². The molecule has 9 heteroatoms. The lowest BCUT2D eigenvalue weighted by Crippen LogP contribution is -2.20. The smallest absolute Gasteiger partial charge is 0.309 e. The minimum Gasteiger partial charge on any atom is -0.493 e. The van der Waals surface area contributed by atoms with Gasteiger partial charge in [-0.05, 0) is 73.0 Å². The summed E-state index contributed by atoms with van der Waals surface area (Å²) in [7, 11) is 3.10. The summed E-state index contributed by atoms with van der Waals surface area (Å²) in [6.07, 6.45) is 3.97. The lowest BCUT2D eigenvalue weighted by atomic mass is 10.00. The maximum atomic E-state index is 13.7. The van der Waals surface area contributed by atoms with E-state index in [1.807, 2.05) is 30.3 Å². The molecule has 3 aromatic carbocycles. The predicted molar refractivity (Wildman–Crippen MR) is 149 cm³/mol. The number of benzene rings is 3. The molecular formula is C31H30FN3O5. The Hall–Kier alpha value is -4.66. The minimum atomic E-state index is -0.538. The molecule has 1 aliphatic carbocycles. The van der Waals surface area contributed by atoms with Gasteiger partial charge >= 0.3 is 5.97 Å². The molecule has 1 fully saturated rings. The fourth-order valence-electron chi connectivity index (χ4n) is 4.99. The molecule has 1 N–H and O–H groups in total. The molecule has 1 heterocycles. The average Bonchev–Trinajstić information content (AvgIpc) is 3.62. The Bertz CT molecular complexity index is 1520. The zero-order valence-electron chi connectivity index (χ0n) is 22.6. The Morgan fingerprint density at radius 1 is 0.900 bits per heavy atom. The lowest BCUT2D eigenvalue weighted by Gasteiger charge is -2.12. The number of hydrogen-bond acceptors (Lipinski definition) is 6. The minimum absolute atomic E-state index is 0.0287. The molecule has 0 bridgehead atoms. The van der Waals surface area contributed by atoms with Crippen LogP contribution in [-0.4, -0.2) is 35.9 Å². The summed E-state index contributed by atoms with van der Waals surface area (Å²) in [5.41, 5.74) is 3.61. The van der Waals surface area contributed by atoms with Crippen LogP contribution >= 0.6 is 0 Å². The van der Waals surface area contributed by atoms with E-state index in [0.29, 0.717) is 45.3 Å². The number of rotatable bonds is 8. The van der Waals surface area contributed by atoms with Gasteiger partial charge in [0, 0.05) is 24.1 Å². The standard InChI is InChI=1S/C31H30FN3O5/c1-19(36)40-31-28(20-8-13-24(14-9-20)33-30(37)21-6-4-5-7-21)29(22-10-17-26(38-2)27(18-22)39-3)34-35(31)25-15-11-23(32)12-16-25/h8-18,21H,4-7H2,1-3H3,(H,33,37). The summed E-state index contributed by atoms with van der Waals surface area (Å²) in [4.78, 5) is 24.9. The highest BCUT2D eigenvalue weighted by molar-refractivity contribution is 5.93. The van der Waals surface area contributed by atoms with Crippen molar-refractivity contribution in [3.63, 3.8) is 0 Å². The molecule has 40 heavy (non-hydrogen) atoms. The number of anilines is 1. The van der Waals surface area contributed by atoms with Crippen LogP contribution < -0.4 is 19.5 Å². The predicted octanol–water partition coefficient (Wildman–Crippen LogP) is 6.42. The van der Waals surface area contributed by atoms with E-state index in [9.17, 15) is 14.0 Å². The van der Waals surface area contributed by atoms with Crippen molar-refractivity contribution < 1.29 is 28.2 Å². The first kappa shape index (κ1) is 26.9. The SMILES string of the molecule is COc1ccc(-c2nn(-c3ccc(F)cc3)c(OC(C)=O)c2-c2ccc(NC(=O)C3CCCC3)cc2)cc1OC. The van der Waals surface area contributed by atoms with Crippen LogP contribution in [0, 0.1) is 11.7 Å². The van der Waals surface area contributed by atoms with Gasteiger partial charge in [-0.3, -0.25) is 9.59 Å². The number of esters is 1. The first-order chi connectivity index (χ1) is 19.4. The Morgan fingerprint density at radius 2 is 1.55 bits per heavy atom.